The molecule has 2 aliphatic rings. The number of nitrogens with zero attached hydrogens (tertiary/aromatic N) is 1. The van der Waals surface area contributed by atoms with E-state index >= 15 is 0 Å². The maximum absolute atomic E-state index is 12.6. The summed E-state index contributed by atoms with van der Waals surface area (Å²) in [4.78, 5) is 26.5. The van der Waals surface area contributed by atoms with Gasteiger partial charge in [0.2, 0.25) is 11.8 Å². The second-order valence-electron chi connectivity index (χ2n) is 6.50. The van der Waals surface area contributed by atoms with Crippen LogP contribution in [-0.2, 0) is 9.59 Å². The predicted octanol–water partition coefficient (Wildman–Crippen LogP) is 2.22. The van der Waals surface area contributed by atoms with E-state index < -0.39 is 5.54 Å². The smallest absolute Gasteiger partial charge is 0.248 e. The molecule has 0 radical (unpaired) electrons. The summed E-state index contributed by atoms with van der Waals surface area (Å²) in [7, 11) is 0. The molecule has 4 heteroatoms. The zero-order chi connectivity index (χ0) is 14.0. The van der Waals surface area contributed by atoms with Crippen LogP contribution in [0.1, 0.15) is 65.7 Å². The second-order valence-corrected chi connectivity index (χ2v) is 6.50. The summed E-state index contributed by atoms with van der Waals surface area (Å²) in [6, 6.07) is -0.0851. The molecule has 1 aliphatic carbocycles. The third-order valence-electron chi connectivity index (χ3n) is 4.47. The lowest BCUT2D eigenvalue weighted by atomic mass is 9.90. The lowest BCUT2D eigenvalue weighted by Crippen LogP contribution is -2.69. The first kappa shape index (κ1) is 14.4. The Balaban J connectivity index is 2.18. The summed E-state index contributed by atoms with van der Waals surface area (Å²) in [6.07, 6.45) is 8.23. The number of hydrogen-bond acceptors (Lipinski definition) is 2. The number of hydrogen-bond donors (Lipinski definition) is 1. The lowest BCUT2D eigenvalue weighted by Gasteiger charge is -2.46. The van der Waals surface area contributed by atoms with Crippen molar-refractivity contribution in [1.82, 2.24) is 10.2 Å². The highest BCUT2D eigenvalue weighted by molar-refractivity contribution is 5.99. The van der Waals surface area contributed by atoms with Crippen LogP contribution in [0.15, 0.2) is 0 Å². The molecule has 2 rings (SSSR count). The number of piperazine rings is 1. The number of amides is 2. The van der Waals surface area contributed by atoms with Gasteiger partial charge in [0.25, 0.3) is 0 Å². The Hall–Kier alpha value is -1.06. The minimum absolute atomic E-state index is 0.0216. The Kier molecular flexibility index (Phi) is 4.16. The van der Waals surface area contributed by atoms with Crippen LogP contribution in [0.5, 0.6) is 0 Å². The molecule has 1 unspecified atom stereocenters. The highest BCUT2D eigenvalue weighted by atomic mass is 16.2. The van der Waals surface area contributed by atoms with E-state index in [1.54, 1.807) is 13.8 Å². The molecule has 0 aromatic heterocycles. The Morgan fingerprint density at radius 3 is 2.16 bits per heavy atom. The van der Waals surface area contributed by atoms with Gasteiger partial charge in [-0.05, 0) is 33.6 Å². The molecule has 0 spiro atoms. The van der Waals surface area contributed by atoms with Crippen LogP contribution in [0, 0.1) is 0 Å². The molecule has 108 valence electrons. The van der Waals surface area contributed by atoms with Gasteiger partial charge in [-0.15, -0.1) is 0 Å². The van der Waals surface area contributed by atoms with Gasteiger partial charge < -0.3 is 10.2 Å². The molecule has 1 heterocycles. The number of carbonyl (C=O) groups excluding carboxylic acids is 2. The summed E-state index contributed by atoms with van der Waals surface area (Å²) in [5, 5.41) is 2.82. The number of carbonyl (C=O) groups is 2. The first-order chi connectivity index (χ1) is 8.93. The average Bonchev–Trinajstić information content (AvgIpc) is 2.29. The minimum atomic E-state index is -0.758. The largest absolute Gasteiger partial charge is 0.340 e. The second kappa shape index (κ2) is 5.51. The molecule has 1 saturated carbocycles. The molecule has 1 aliphatic heterocycles. The number of nitrogens with one attached hydrogen (secondary N) is 1. The van der Waals surface area contributed by atoms with Gasteiger partial charge in [0.1, 0.15) is 11.6 Å². The van der Waals surface area contributed by atoms with Crippen LogP contribution in [0.2, 0.25) is 0 Å². The van der Waals surface area contributed by atoms with Gasteiger partial charge in [0, 0.05) is 6.04 Å². The minimum Gasteiger partial charge on any atom is -0.340 e. The Morgan fingerprint density at radius 2 is 1.58 bits per heavy atom. The quantitative estimate of drug-likeness (QED) is 0.791. The van der Waals surface area contributed by atoms with Crippen LogP contribution >= 0.6 is 0 Å². The fourth-order valence-corrected chi connectivity index (χ4v) is 3.29. The summed E-state index contributed by atoms with van der Waals surface area (Å²) >= 11 is 0. The van der Waals surface area contributed by atoms with Crippen LogP contribution in [0.4, 0.5) is 0 Å². The van der Waals surface area contributed by atoms with Crippen LogP contribution in [0.25, 0.3) is 0 Å². The lowest BCUT2D eigenvalue weighted by molar-refractivity contribution is -0.156. The van der Waals surface area contributed by atoms with Gasteiger partial charge >= 0.3 is 0 Å². The molecule has 2 fully saturated rings. The Morgan fingerprint density at radius 1 is 1.05 bits per heavy atom. The standard InChI is InChI=1S/C15H26N2O2/c1-11-13(18)16-15(2,3)14(19)17(11)12-9-7-5-4-6-8-10-12/h11-12H,4-10H2,1-3H3,(H,16,18). The number of rotatable bonds is 1. The van der Waals surface area contributed by atoms with Gasteiger partial charge in [-0.3, -0.25) is 9.59 Å². The Labute approximate surface area is 115 Å². The van der Waals surface area contributed by atoms with Crippen LogP contribution < -0.4 is 5.32 Å². The van der Waals surface area contributed by atoms with E-state index in [9.17, 15) is 9.59 Å². The molecule has 1 atom stereocenters. The van der Waals surface area contributed by atoms with E-state index in [0.717, 1.165) is 12.8 Å². The SMILES string of the molecule is CC1C(=O)NC(C)(C)C(=O)N1C1CCCCCCC1. The first-order valence-electron chi connectivity index (χ1n) is 7.58. The van der Waals surface area contributed by atoms with E-state index in [1.807, 2.05) is 11.8 Å². The van der Waals surface area contributed by atoms with Crippen molar-refractivity contribution in [2.75, 3.05) is 0 Å². The molecule has 0 aromatic rings. The van der Waals surface area contributed by atoms with E-state index in [2.05, 4.69) is 5.32 Å². The zero-order valence-corrected chi connectivity index (χ0v) is 12.4. The third-order valence-corrected chi connectivity index (χ3v) is 4.47. The molecule has 1 saturated heterocycles. The Bertz CT molecular complexity index is 357. The summed E-state index contributed by atoms with van der Waals surface area (Å²) < 4.78 is 0. The summed E-state index contributed by atoms with van der Waals surface area (Å²) in [5.74, 6) is 0.0526. The van der Waals surface area contributed by atoms with Gasteiger partial charge in [-0.25, -0.2) is 0 Å². The molecular formula is C15H26N2O2. The van der Waals surface area contributed by atoms with Gasteiger partial charge in [0.15, 0.2) is 0 Å². The van der Waals surface area contributed by atoms with Crippen molar-refractivity contribution in [3.63, 3.8) is 0 Å². The fourth-order valence-electron chi connectivity index (χ4n) is 3.29. The molecular weight excluding hydrogens is 240 g/mol. The predicted molar refractivity (Wildman–Crippen MR) is 74.6 cm³/mol. The van der Waals surface area contributed by atoms with Crippen molar-refractivity contribution >= 4 is 11.8 Å². The maximum atomic E-state index is 12.6. The fraction of sp³-hybridized carbons (Fsp3) is 0.867. The highest BCUT2D eigenvalue weighted by Gasteiger charge is 2.45. The summed E-state index contributed by atoms with van der Waals surface area (Å²) in [5.41, 5.74) is -0.758. The molecule has 4 nitrogen and oxygen atoms in total. The first-order valence-corrected chi connectivity index (χ1v) is 7.58. The van der Waals surface area contributed by atoms with Crippen LogP contribution in [0.3, 0.4) is 0 Å². The molecule has 19 heavy (non-hydrogen) atoms. The van der Waals surface area contributed by atoms with Crippen LogP contribution in [-0.4, -0.2) is 34.3 Å². The van der Waals surface area contributed by atoms with Gasteiger partial charge in [-0.2, -0.15) is 0 Å². The van der Waals surface area contributed by atoms with Crippen molar-refractivity contribution in [2.45, 2.75) is 83.3 Å². The molecule has 2 amide bonds. The maximum Gasteiger partial charge on any atom is 0.248 e. The molecule has 1 N–H and O–H groups in total. The van der Waals surface area contributed by atoms with E-state index in [0.29, 0.717) is 0 Å². The van der Waals surface area contributed by atoms with Gasteiger partial charge in [-0.1, -0.05) is 32.1 Å². The zero-order valence-electron chi connectivity index (χ0n) is 12.4. The third kappa shape index (κ3) is 2.93. The summed E-state index contributed by atoms with van der Waals surface area (Å²) in [6.45, 7) is 5.45. The average molecular weight is 266 g/mol. The van der Waals surface area contributed by atoms with E-state index in [-0.39, 0.29) is 23.9 Å². The molecule has 0 aromatic carbocycles. The van der Waals surface area contributed by atoms with Crippen molar-refractivity contribution in [3.05, 3.63) is 0 Å². The van der Waals surface area contributed by atoms with Crippen molar-refractivity contribution < 1.29 is 9.59 Å². The van der Waals surface area contributed by atoms with Gasteiger partial charge in [0.05, 0.1) is 0 Å². The van der Waals surface area contributed by atoms with E-state index in [4.69, 9.17) is 0 Å². The monoisotopic (exact) mass is 266 g/mol. The topological polar surface area (TPSA) is 49.4 Å². The highest BCUT2D eigenvalue weighted by Crippen LogP contribution is 2.27. The molecule has 0 bridgehead atoms. The van der Waals surface area contributed by atoms with E-state index in [1.165, 1.54) is 32.1 Å². The van der Waals surface area contributed by atoms with Crippen molar-refractivity contribution in [1.29, 1.82) is 0 Å². The van der Waals surface area contributed by atoms with Crippen molar-refractivity contribution in [3.8, 4) is 0 Å². The normalized spacial score (nSPS) is 29.6. The van der Waals surface area contributed by atoms with Crippen molar-refractivity contribution in [2.24, 2.45) is 0 Å².